The Labute approximate surface area is 134 Å². The van der Waals surface area contributed by atoms with Gasteiger partial charge in [0.05, 0.1) is 12.0 Å². The number of sulfonamides is 1. The van der Waals surface area contributed by atoms with Crippen molar-refractivity contribution >= 4 is 27.7 Å². The number of rotatable bonds is 5. The fourth-order valence-electron chi connectivity index (χ4n) is 1.85. The summed E-state index contributed by atoms with van der Waals surface area (Å²) in [5, 5.41) is 7.63. The van der Waals surface area contributed by atoms with Crippen LogP contribution in [0.5, 0.6) is 5.75 Å². The molecule has 2 aromatic rings. The molecule has 0 saturated heterocycles. The molecule has 23 heavy (non-hydrogen) atoms. The van der Waals surface area contributed by atoms with E-state index < -0.39 is 10.0 Å². The van der Waals surface area contributed by atoms with Crippen LogP contribution in [0.1, 0.15) is 5.56 Å². The smallest absolute Gasteiger partial charge is 0.248 e. The molecule has 7 heteroatoms. The Morgan fingerprint density at radius 2 is 1.91 bits per heavy atom. The number of methoxy groups -OCH3 is 1. The number of anilines is 1. The van der Waals surface area contributed by atoms with Crippen molar-refractivity contribution in [1.82, 2.24) is 0 Å². The zero-order valence-corrected chi connectivity index (χ0v) is 13.2. The van der Waals surface area contributed by atoms with Crippen molar-refractivity contribution in [3.05, 3.63) is 60.2 Å². The molecule has 0 fully saturated rings. The number of nitrogens with two attached hydrogens (primary N) is 1. The van der Waals surface area contributed by atoms with Gasteiger partial charge in [-0.1, -0.05) is 18.2 Å². The minimum absolute atomic E-state index is 0.0629. The highest BCUT2D eigenvalue weighted by atomic mass is 32.2. The lowest BCUT2D eigenvalue weighted by molar-refractivity contribution is -0.111. The number of primary sulfonamides is 1. The Hall–Kier alpha value is -2.64. The summed E-state index contributed by atoms with van der Waals surface area (Å²) < 4.78 is 27.7. The van der Waals surface area contributed by atoms with Gasteiger partial charge < -0.3 is 10.1 Å². The second kappa shape index (κ2) is 7.08. The highest BCUT2D eigenvalue weighted by molar-refractivity contribution is 7.89. The van der Waals surface area contributed by atoms with Gasteiger partial charge in [-0.2, -0.15) is 0 Å². The molecule has 0 aliphatic rings. The van der Waals surface area contributed by atoms with E-state index in [0.717, 1.165) is 5.56 Å². The first-order chi connectivity index (χ1) is 10.9. The third kappa shape index (κ3) is 4.94. The van der Waals surface area contributed by atoms with Gasteiger partial charge in [0.2, 0.25) is 15.9 Å². The molecule has 1 amide bonds. The van der Waals surface area contributed by atoms with E-state index in [1.165, 1.54) is 24.3 Å². The van der Waals surface area contributed by atoms with Gasteiger partial charge in [0.25, 0.3) is 0 Å². The van der Waals surface area contributed by atoms with Gasteiger partial charge in [-0.15, -0.1) is 0 Å². The molecule has 0 aromatic heterocycles. The Bertz CT molecular complexity index is 845. The van der Waals surface area contributed by atoms with E-state index >= 15 is 0 Å². The van der Waals surface area contributed by atoms with Gasteiger partial charge in [-0.05, 0) is 42.0 Å². The second-order valence-corrected chi connectivity index (χ2v) is 6.23. The first kappa shape index (κ1) is 16.7. The number of ether oxygens (including phenoxy) is 1. The second-order valence-electron chi connectivity index (χ2n) is 4.67. The topological polar surface area (TPSA) is 98.5 Å². The van der Waals surface area contributed by atoms with E-state index in [1.54, 1.807) is 31.4 Å². The molecule has 0 unspecified atom stereocenters. The van der Waals surface area contributed by atoms with Crippen molar-refractivity contribution in [2.75, 3.05) is 12.4 Å². The van der Waals surface area contributed by atoms with E-state index in [-0.39, 0.29) is 10.8 Å². The fraction of sp³-hybridized carbons (Fsp3) is 0.0625. The summed E-state index contributed by atoms with van der Waals surface area (Å²) in [5.41, 5.74) is 1.15. The van der Waals surface area contributed by atoms with Crippen LogP contribution in [0, 0.1) is 0 Å². The molecule has 0 bridgehead atoms. The minimum atomic E-state index is -3.81. The van der Waals surface area contributed by atoms with Crippen LogP contribution in [-0.2, 0) is 14.8 Å². The fourth-order valence-corrected chi connectivity index (χ4v) is 2.41. The molecule has 0 aliphatic heterocycles. The maximum absolute atomic E-state index is 11.9. The summed E-state index contributed by atoms with van der Waals surface area (Å²) in [5.74, 6) is 0.299. The van der Waals surface area contributed by atoms with Gasteiger partial charge in [-0.25, -0.2) is 13.6 Å². The quantitative estimate of drug-likeness (QED) is 0.818. The summed E-state index contributed by atoms with van der Waals surface area (Å²) in [6, 6.07) is 13.0. The molecular formula is C16H16N2O4S. The van der Waals surface area contributed by atoms with Crippen LogP contribution in [-0.4, -0.2) is 21.4 Å². The number of hydrogen-bond acceptors (Lipinski definition) is 4. The van der Waals surface area contributed by atoms with Gasteiger partial charge in [0.1, 0.15) is 5.75 Å². The molecule has 0 heterocycles. The molecule has 3 N–H and O–H groups in total. The highest BCUT2D eigenvalue weighted by Crippen LogP contribution is 2.15. The van der Waals surface area contributed by atoms with Crippen LogP contribution in [0.3, 0.4) is 0 Å². The van der Waals surface area contributed by atoms with Crippen molar-refractivity contribution < 1.29 is 17.9 Å². The SMILES string of the molecule is COc1cccc(/C=C/C(=O)Nc2cccc(S(N)(=O)=O)c2)c1. The van der Waals surface area contributed by atoms with Crippen LogP contribution in [0.2, 0.25) is 0 Å². The third-order valence-electron chi connectivity index (χ3n) is 2.95. The summed E-state index contributed by atoms with van der Waals surface area (Å²) >= 11 is 0. The Morgan fingerprint density at radius 3 is 2.61 bits per heavy atom. The van der Waals surface area contributed by atoms with E-state index in [9.17, 15) is 13.2 Å². The van der Waals surface area contributed by atoms with Gasteiger partial charge in [0.15, 0.2) is 0 Å². The number of nitrogens with one attached hydrogen (secondary N) is 1. The number of carbonyl (C=O) groups excluding carboxylic acids is 1. The first-order valence-electron chi connectivity index (χ1n) is 6.64. The molecular weight excluding hydrogens is 316 g/mol. The summed E-state index contributed by atoms with van der Waals surface area (Å²) in [6.45, 7) is 0. The Morgan fingerprint density at radius 1 is 1.17 bits per heavy atom. The molecule has 0 atom stereocenters. The molecule has 2 rings (SSSR count). The van der Waals surface area contributed by atoms with Crippen LogP contribution in [0.15, 0.2) is 59.5 Å². The predicted molar refractivity (Wildman–Crippen MR) is 88.5 cm³/mol. The maximum atomic E-state index is 11.9. The lowest BCUT2D eigenvalue weighted by Crippen LogP contribution is -2.13. The first-order valence-corrected chi connectivity index (χ1v) is 8.19. The standard InChI is InChI=1S/C16H16N2O4S/c1-22-14-6-2-4-12(10-14)8-9-16(19)18-13-5-3-7-15(11-13)23(17,20)21/h2-11H,1H3,(H,18,19)(H2,17,20,21)/b9-8+. The lowest BCUT2D eigenvalue weighted by Gasteiger charge is -2.04. The Kier molecular flexibility index (Phi) is 5.15. The normalized spacial score (nSPS) is 11.4. The third-order valence-corrected chi connectivity index (χ3v) is 3.86. The number of benzene rings is 2. The lowest BCUT2D eigenvalue weighted by atomic mass is 10.2. The predicted octanol–water partition coefficient (Wildman–Crippen LogP) is 1.99. The molecule has 6 nitrogen and oxygen atoms in total. The van der Waals surface area contributed by atoms with Crippen molar-refractivity contribution in [1.29, 1.82) is 0 Å². The molecule has 0 spiro atoms. The average Bonchev–Trinajstić information content (AvgIpc) is 2.52. The van der Waals surface area contributed by atoms with E-state index in [4.69, 9.17) is 9.88 Å². The van der Waals surface area contributed by atoms with E-state index in [0.29, 0.717) is 11.4 Å². The van der Waals surface area contributed by atoms with E-state index in [1.807, 2.05) is 12.1 Å². The largest absolute Gasteiger partial charge is 0.497 e. The minimum Gasteiger partial charge on any atom is -0.497 e. The zero-order valence-electron chi connectivity index (χ0n) is 12.4. The highest BCUT2D eigenvalue weighted by Gasteiger charge is 2.08. The van der Waals surface area contributed by atoms with E-state index in [2.05, 4.69) is 5.32 Å². The summed E-state index contributed by atoms with van der Waals surface area (Å²) in [7, 11) is -2.24. The van der Waals surface area contributed by atoms with Gasteiger partial charge in [-0.3, -0.25) is 4.79 Å². The number of hydrogen-bond donors (Lipinski definition) is 2. The summed E-state index contributed by atoms with van der Waals surface area (Å²) in [4.78, 5) is 11.8. The molecule has 0 radical (unpaired) electrons. The van der Waals surface area contributed by atoms with Gasteiger partial charge >= 0.3 is 0 Å². The maximum Gasteiger partial charge on any atom is 0.248 e. The summed E-state index contributed by atoms with van der Waals surface area (Å²) in [6.07, 6.45) is 2.97. The number of carbonyl (C=O) groups is 1. The van der Waals surface area contributed by atoms with Crippen molar-refractivity contribution in [2.45, 2.75) is 4.90 Å². The monoisotopic (exact) mass is 332 g/mol. The van der Waals surface area contributed by atoms with Crippen LogP contribution in [0.25, 0.3) is 6.08 Å². The molecule has 0 aliphatic carbocycles. The molecule has 2 aromatic carbocycles. The molecule has 120 valence electrons. The van der Waals surface area contributed by atoms with Crippen LogP contribution < -0.4 is 15.2 Å². The van der Waals surface area contributed by atoms with Gasteiger partial charge in [0, 0.05) is 11.8 Å². The van der Waals surface area contributed by atoms with Crippen molar-refractivity contribution in [3.63, 3.8) is 0 Å². The van der Waals surface area contributed by atoms with Crippen LogP contribution in [0.4, 0.5) is 5.69 Å². The van der Waals surface area contributed by atoms with Crippen LogP contribution >= 0.6 is 0 Å². The van der Waals surface area contributed by atoms with Crippen molar-refractivity contribution in [3.8, 4) is 5.75 Å². The average molecular weight is 332 g/mol. The Balaban J connectivity index is 2.09. The number of amides is 1. The van der Waals surface area contributed by atoms with Crippen molar-refractivity contribution in [2.24, 2.45) is 5.14 Å². The molecule has 0 saturated carbocycles. The zero-order chi connectivity index (χ0) is 16.9.